The maximum Gasteiger partial charge on any atom is 0.195 e. The van der Waals surface area contributed by atoms with Crippen molar-refractivity contribution in [3.05, 3.63) is 108 Å². The fraction of sp³-hybridized carbons (Fsp3) is 0.259. The smallest absolute Gasteiger partial charge is 0.195 e. The van der Waals surface area contributed by atoms with Gasteiger partial charge in [-0.25, -0.2) is 0 Å². The van der Waals surface area contributed by atoms with Crippen molar-refractivity contribution >= 4 is 11.6 Å². The zero-order valence-electron chi connectivity index (χ0n) is 17.5. The van der Waals surface area contributed by atoms with Crippen molar-refractivity contribution in [3.63, 3.8) is 0 Å². The number of ketones is 2. The molecule has 3 aromatic rings. The molecule has 0 saturated heterocycles. The van der Waals surface area contributed by atoms with E-state index in [9.17, 15) is 19.8 Å². The van der Waals surface area contributed by atoms with E-state index in [1.54, 1.807) is 60.7 Å². The predicted molar refractivity (Wildman–Crippen MR) is 121 cm³/mol. The summed E-state index contributed by atoms with van der Waals surface area (Å²) in [4.78, 5) is 24.0. The van der Waals surface area contributed by atoms with Gasteiger partial charge in [0.25, 0.3) is 0 Å². The molecule has 0 aliphatic heterocycles. The lowest BCUT2D eigenvalue weighted by atomic mass is 9.79. The highest BCUT2D eigenvalue weighted by Crippen LogP contribution is 2.31. The van der Waals surface area contributed by atoms with E-state index >= 15 is 0 Å². The molecule has 3 aromatic carbocycles. The number of carbonyl (C=O) groups excluding carboxylic acids is 2. The molecular formula is C27H28O4. The van der Waals surface area contributed by atoms with Crippen LogP contribution in [-0.2, 0) is 0 Å². The van der Waals surface area contributed by atoms with Crippen molar-refractivity contribution in [1.82, 2.24) is 0 Å². The van der Waals surface area contributed by atoms with Crippen LogP contribution < -0.4 is 0 Å². The Hall–Kier alpha value is -3.08. The molecule has 2 N–H and O–H groups in total. The second-order valence-electron chi connectivity index (χ2n) is 7.83. The van der Waals surface area contributed by atoms with Crippen LogP contribution in [0.2, 0.25) is 0 Å². The number of carbonyl (C=O) groups is 2. The van der Waals surface area contributed by atoms with E-state index in [4.69, 9.17) is 0 Å². The van der Waals surface area contributed by atoms with E-state index < -0.39 is 11.7 Å². The number of aliphatic hydroxyl groups is 2. The van der Waals surface area contributed by atoms with E-state index in [0.717, 1.165) is 19.3 Å². The van der Waals surface area contributed by atoms with E-state index in [-0.39, 0.29) is 11.6 Å². The van der Waals surface area contributed by atoms with Crippen molar-refractivity contribution in [2.45, 2.75) is 43.8 Å². The first kappa shape index (κ1) is 22.6. The van der Waals surface area contributed by atoms with E-state index in [1.165, 1.54) is 0 Å². The van der Waals surface area contributed by atoms with Crippen molar-refractivity contribution in [1.29, 1.82) is 0 Å². The zero-order chi connectivity index (χ0) is 22.1. The van der Waals surface area contributed by atoms with Crippen LogP contribution in [0.4, 0.5) is 0 Å². The van der Waals surface area contributed by atoms with Crippen molar-refractivity contribution in [2.24, 2.45) is 0 Å². The molecule has 1 atom stereocenters. The van der Waals surface area contributed by atoms with Gasteiger partial charge in [0.05, 0.1) is 0 Å². The Morgan fingerprint density at radius 1 is 0.677 bits per heavy atom. The maximum absolute atomic E-state index is 12.1. The first-order valence-electron chi connectivity index (χ1n) is 10.7. The van der Waals surface area contributed by atoms with E-state index in [1.807, 2.05) is 30.3 Å². The fourth-order valence-corrected chi connectivity index (χ4v) is 3.77. The number of hydrogen-bond donors (Lipinski definition) is 2. The quantitative estimate of drug-likeness (QED) is 0.563. The Morgan fingerprint density at radius 3 is 1.65 bits per heavy atom. The van der Waals surface area contributed by atoms with Gasteiger partial charge >= 0.3 is 0 Å². The third kappa shape index (κ3) is 5.97. The molecule has 0 bridgehead atoms. The largest absolute Gasteiger partial charge is 0.382 e. The molecule has 1 aliphatic rings. The molecule has 31 heavy (non-hydrogen) atoms. The summed E-state index contributed by atoms with van der Waals surface area (Å²) < 4.78 is 0. The number of benzene rings is 3. The molecule has 0 aromatic heterocycles. The highest BCUT2D eigenvalue weighted by atomic mass is 16.3. The highest BCUT2D eigenvalue weighted by molar-refractivity contribution is 6.02. The summed E-state index contributed by atoms with van der Waals surface area (Å²) in [5.41, 5.74) is 0.677. The van der Waals surface area contributed by atoms with Gasteiger partial charge in [0, 0.05) is 11.1 Å². The Morgan fingerprint density at radius 2 is 1.13 bits per heavy atom. The Balaban J connectivity index is 0.000000176. The van der Waals surface area contributed by atoms with Gasteiger partial charge in [0.15, 0.2) is 11.6 Å². The highest BCUT2D eigenvalue weighted by Gasteiger charge is 2.37. The molecule has 4 nitrogen and oxygen atoms in total. The van der Waals surface area contributed by atoms with Crippen LogP contribution in [0.5, 0.6) is 0 Å². The van der Waals surface area contributed by atoms with Crippen molar-refractivity contribution < 1.29 is 19.8 Å². The lowest BCUT2D eigenvalue weighted by Crippen LogP contribution is -2.40. The van der Waals surface area contributed by atoms with Crippen LogP contribution >= 0.6 is 0 Å². The van der Waals surface area contributed by atoms with Gasteiger partial charge in [0.1, 0.15) is 11.7 Å². The first-order valence-corrected chi connectivity index (χ1v) is 10.7. The summed E-state index contributed by atoms with van der Waals surface area (Å²) in [7, 11) is 0. The molecule has 4 heteroatoms. The van der Waals surface area contributed by atoms with Crippen molar-refractivity contribution in [2.75, 3.05) is 0 Å². The molecular weight excluding hydrogens is 388 g/mol. The number of rotatable bonds is 5. The fourth-order valence-electron chi connectivity index (χ4n) is 3.77. The lowest BCUT2D eigenvalue weighted by molar-refractivity contribution is 0.0116. The average Bonchev–Trinajstić information content (AvgIpc) is 2.85. The Labute approximate surface area is 183 Å². The lowest BCUT2D eigenvalue weighted by Gasteiger charge is -2.30. The summed E-state index contributed by atoms with van der Waals surface area (Å²) in [5, 5.41) is 20.1. The van der Waals surface area contributed by atoms with Gasteiger partial charge in [-0.1, -0.05) is 110 Å². The molecule has 4 rings (SSSR count). The van der Waals surface area contributed by atoms with Crippen molar-refractivity contribution in [3.8, 4) is 0 Å². The zero-order valence-corrected chi connectivity index (χ0v) is 17.5. The van der Waals surface area contributed by atoms with Gasteiger partial charge in [-0.15, -0.1) is 0 Å². The second-order valence-corrected chi connectivity index (χ2v) is 7.83. The second kappa shape index (κ2) is 10.8. The molecule has 1 unspecified atom stereocenters. The number of hydrogen-bond acceptors (Lipinski definition) is 4. The summed E-state index contributed by atoms with van der Waals surface area (Å²) >= 11 is 0. The van der Waals surface area contributed by atoms with Crippen LogP contribution in [0.15, 0.2) is 91.0 Å². The minimum Gasteiger partial charge on any atom is -0.382 e. The molecule has 1 aliphatic carbocycles. The molecule has 1 saturated carbocycles. The van der Waals surface area contributed by atoms with Gasteiger partial charge in [-0.3, -0.25) is 9.59 Å². The van der Waals surface area contributed by atoms with Crippen LogP contribution in [0.3, 0.4) is 0 Å². The molecule has 1 fully saturated rings. The standard InChI is InChI=1S/C14H12O2.C13H16O2/c15-13(11-7-3-1-4-8-11)14(16)12-9-5-2-6-10-12;14-12(11-7-3-1-4-8-11)13(15)9-5-2-6-10-13/h1-10,13,15H;1,3-4,7-8,15H,2,5-6,9-10H2. The summed E-state index contributed by atoms with van der Waals surface area (Å²) in [5.74, 6) is -0.380. The van der Waals surface area contributed by atoms with Gasteiger partial charge in [-0.05, 0) is 18.4 Å². The maximum atomic E-state index is 12.1. The van der Waals surface area contributed by atoms with E-state index in [2.05, 4.69) is 0 Å². The summed E-state index contributed by atoms with van der Waals surface area (Å²) in [6.07, 6.45) is 3.18. The van der Waals surface area contributed by atoms with E-state index in [0.29, 0.717) is 29.5 Å². The Kier molecular flexibility index (Phi) is 7.88. The minimum atomic E-state index is -1.10. The molecule has 0 spiro atoms. The molecule has 0 amide bonds. The van der Waals surface area contributed by atoms with Gasteiger partial charge in [-0.2, -0.15) is 0 Å². The topological polar surface area (TPSA) is 74.6 Å². The minimum absolute atomic E-state index is 0.109. The third-order valence-corrected chi connectivity index (χ3v) is 5.56. The van der Waals surface area contributed by atoms with Crippen LogP contribution in [0.1, 0.15) is 64.5 Å². The summed E-state index contributed by atoms with van der Waals surface area (Å²) in [6.45, 7) is 0. The van der Waals surface area contributed by atoms with Crippen LogP contribution in [0, 0.1) is 0 Å². The van der Waals surface area contributed by atoms with Gasteiger partial charge < -0.3 is 10.2 Å². The monoisotopic (exact) mass is 416 g/mol. The predicted octanol–water partition coefficient (Wildman–Crippen LogP) is 5.17. The molecule has 0 heterocycles. The SMILES string of the molecule is O=C(c1ccccc1)C(O)c1ccccc1.O=C(c1ccccc1)C1(O)CCCCC1. The first-order chi connectivity index (χ1) is 15.0. The molecule has 160 valence electrons. The third-order valence-electron chi connectivity index (χ3n) is 5.56. The van der Waals surface area contributed by atoms with Crippen LogP contribution in [0.25, 0.3) is 0 Å². The number of Topliss-reactive ketones (excluding diaryl/α,β-unsaturated/α-hetero) is 2. The molecule has 0 radical (unpaired) electrons. The number of aliphatic hydroxyl groups excluding tert-OH is 1. The van der Waals surface area contributed by atoms with Gasteiger partial charge in [0.2, 0.25) is 0 Å². The average molecular weight is 417 g/mol. The summed E-state index contributed by atoms with van der Waals surface area (Å²) in [6, 6.07) is 26.8. The Bertz CT molecular complexity index is 962. The van der Waals surface area contributed by atoms with Crippen LogP contribution in [-0.4, -0.2) is 27.4 Å². The normalized spacial score (nSPS) is 15.8.